The number of rotatable bonds is 3. The van der Waals surface area contributed by atoms with Gasteiger partial charge in [0.05, 0.1) is 4.91 Å². The first-order chi connectivity index (χ1) is 12.0. The first-order valence-electron chi connectivity index (χ1n) is 8.14. The van der Waals surface area contributed by atoms with Crippen LogP contribution < -0.4 is 0 Å². The van der Waals surface area contributed by atoms with E-state index in [1.165, 1.54) is 17.3 Å². The fraction of sp³-hybridized carbons (Fsp3) is 0.200. The lowest BCUT2D eigenvalue weighted by Crippen LogP contribution is -2.28. The van der Waals surface area contributed by atoms with Crippen molar-refractivity contribution < 1.29 is 9.90 Å². The molecule has 1 aliphatic heterocycles. The van der Waals surface area contributed by atoms with E-state index in [-0.39, 0.29) is 11.7 Å². The summed E-state index contributed by atoms with van der Waals surface area (Å²) >= 11 is 1.33. The molecule has 5 heteroatoms. The molecule has 4 nitrogen and oxygen atoms in total. The van der Waals surface area contributed by atoms with Crippen LogP contribution in [0.2, 0.25) is 0 Å². The summed E-state index contributed by atoms with van der Waals surface area (Å²) in [6.45, 7) is 6.38. The summed E-state index contributed by atoms with van der Waals surface area (Å²) in [5.74, 6) is 0.0611. The van der Waals surface area contributed by atoms with Crippen LogP contribution in [0.15, 0.2) is 52.4 Å². The summed E-state index contributed by atoms with van der Waals surface area (Å²) in [7, 11) is 0. The second kappa shape index (κ2) is 7.15. The number of hydrogen-bond donors (Lipinski definition) is 1. The molecule has 1 saturated heterocycles. The van der Waals surface area contributed by atoms with Gasteiger partial charge in [-0.15, -0.1) is 0 Å². The third kappa shape index (κ3) is 3.77. The SMILES string of the molecule is CCN1C(=O)/C(=C/c2ccc(C)cc2)SC1=Nc1ccc(C)cc1O. The Kier molecular flexibility index (Phi) is 4.95. The number of amidine groups is 1. The molecule has 1 amide bonds. The highest BCUT2D eigenvalue weighted by Crippen LogP contribution is 2.36. The fourth-order valence-electron chi connectivity index (χ4n) is 2.52. The van der Waals surface area contributed by atoms with Crippen LogP contribution in [0.5, 0.6) is 5.75 Å². The van der Waals surface area contributed by atoms with Crippen molar-refractivity contribution in [1.29, 1.82) is 0 Å². The molecule has 0 bridgehead atoms. The Bertz CT molecular complexity index is 870. The Labute approximate surface area is 151 Å². The maximum absolute atomic E-state index is 12.6. The molecule has 0 spiro atoms. The Morgan fingerprint density at radius 3 is 2.44 bits per heavy atom. The molecule has 0 aromatic heterocycles. The molecule has 1 aliphatic rings. The van der Waals surface area contributed by atoms with Gasteiger partial charge in [-0.1, -0.05) is 35.9 Å². The molecule has 0 unspecified atom stereocenters. The van der Waals surface area contributed by atoms with Crippen LogP contribution >= 0.6 is 11.8 Å². The highest BCUT2D eigenvalue weighted by atomic mass is 32.2. The topological polar surface area (TPSA) is 52.9 Å². The summed E-state index contributed by atoms with van der Waals surface area (Å²) < 4.78 is 0. The molecular weight excluding hydrogens is 332 g/mol. The Balaban J connectivity index is 1.94. The maximum atomic E-state index is 12.6. The normalized spacial score (nSPS) is 17.7. The Morgan fingerprint density at radius 1 is 1.12 bits per heavy atom. The van der Waals surface area contributed by atoms with Gasteiger partial charge in [-0.3, -0.25) is 9.69 Å². The van der Waals surface area contributed by atoms with E-state index < -0.39 is 0 Å². The van der Waals surface area contributed by atoms with Crippen molar-refractivity contribution in [2.75, 3.05) is 6.54 Å². The third-order valence-corrected chi connectivity index (χ3v) is 4.93. The van der Waals surface area contributed by atoms with E-state index in [2.05, 4.69) is 4.99 Å². The highest BCUT2D eigenvalue weighted by Gasteiger charge is 2.32. The molecule has 128 valence electrons. The minimum absolute atomic E-state index is 0.0570. The number of nitrogens with zero attached hydrogens (tertiary/aromatic N) is 2. The number of benzene rings is 2. The van der Waals surface area contributed by atoms with E-state index in [0.29, 0.717) is 22.3 Å². The van der Waals surface area contributed by atoms with Crippen LogP contribution in [0.1, 0.15) is 23.6 Å². The van der Waals surface area contributed by atoms with Crippen molar-refractivity contribution in [2.45, 2.75) is 20.8 Å². The monoisotopic (exact) mass is 352 g/mol. The van der Waals surface area contributed by atoms with Gasteiger partial charge < -0.3 is 5.11 Å². The van der Waals surface area contributed by atoms with E-state index in [1.807, 2.05) is 57.2 Å². The second-order valence-corrected chi connectivity index (χ2v) is 6.97. The number of thioether (sulfide) groups is 1. The molecule has 25 heavy (non-hydrogen) atoms. The van der Waals surface area contributed by atoms with Gasteiger partial charge >= 0.3 is 0 Å². The van der Waals surface area contributed by atoms with E-state index in [1.54, 1.807) is 17.0 Å². The number of aryl methyl sites for hydroxylation is 2. The van der Waals surface area contributed by atoms with Crippen molar-refractivity contribution in [3.63, 3.8) is 0 Å². The van der Waals surface area contributed by atoms with Crippen LogP contribution in [0, 0.1) is 13.8 Å². The largest absolute Gasteiger partial charge is 0.506 e. The first-order valence-corrected chi connectivity index (χ1v) is 8.96. The van der Waals surface area contributed by atoms with Gasteiger partial charge in [-0.05, 0) is 61.9 Å². The molecule has 0 atom stereocenters. The maximum Gasteiger partial charge on any atom is 0.266 e. The van der Waals surface area contributed by atoms with Crippen LogP contribution in [-0.2, 0) is 4.79 Å². The van der Waals surface area contributed by atoms with Crippen molar-refractivity contribution in [1.82, 2.24) is 4.90 Å². The first kappa shape index (κ1) is 17.3. The zero-order valence-corrected chi connectivity index (χ0v) is 15.3. The molecule has 0 saturated carbocycles. The number of amides is 1. The lowest BCUT2D eigenvalue weighted by Gasteiger charge is -2.12. The lowest BCUT2D eigenvalue weighted by atomic mass is 10.1. The molecule has 2 aromatic rings. The van der Waals surface area contributed by atoms with Crippen LogP contribution in [0.4, 0.5) is 5.69 Å². The molecule has 3 rings (SSSR count). The third-order valence-electron chi connectivity index (χ3n) is 3.93. The van der Waals surface area contributed by atoms with Gasteiger partial charge in [0.2, 0.25) is 0 Å². The van der Waals surface area contributed by atoms with Crippen molar-refractivity contribution >= 4 is 34.6 Å². The number of phenolic OH excluding ortho intramolecular Hbond substituents is 1. The van der Waals surface area contributed by atoms with Gasteiger partial charge in [0.15, 0.2) is 5.17 Å². The van der Waals surface area contributed by atoms with Gasteiger partial charge in [0.25, 0.3) is 5.91 Å². The minimum atomic E-state index is -0.0570. The van der Waals surface area contributed by atoms with Gasteiger partial charge in [0.1, 0.15) is 11.4 Å². The van der Waals surface area contributed by atoms with Crippen molar-refractivity contribution in [2.24, 2.45) is 4.99 Å². The molecular formula is C20H20N2O2S. The zero-order valence-electron chi connectivity index (χ0n) is 14.5. The number of likely N-dealkylation sites (N-methyl/N-ethyl adjacent to an activating group) is 1. The van der Waals surface area contributed by atoms with Gasteiger partial charge in [0, 0.05) is 6.54 Å². The fourth-order valence-corrected chi connectivity index (χ4v) is 3.57. The molecule has 1 fully saturated rings. The van der Waals surface area contributed by atoms with Crippen LogP contribution in [0.3, 0.4) is 0 Å². The molecule has 1 N–H and O–H groups in total. The average molecular weight is 352 g/mol. The summed E-state index contributed by atoms with van der Waals surface area (Å²) in [5, 5.41) is 10.7. The van der Waals surface area contributed by atoms with E-state index in [9.17, 15) is 9.90 Å². The second-order valence-electron chi connectivity index (χ2n) is 5.96. The van der Waals surface area contributed by atoms with Crippen molar-refractivity contribution in [3.05, 3.63) is 64.1 Å². The molecule has 0 aliphatic carbocycles. The predicted octanol–water partition coefficient (Wildman–Crippen LogP) is 4.63. The quantitative estimate of drug-likeness (QED) is 0.819. The smallest absolute Gasteiger partial charge is 0.266 e. The number of carbonyl (C=O) groups excluding carboxylic acids is 1. The summed E-state index contributed by atoms with van der Waals surface area (Å²) in [6.07, 6.45) is 1.88. The average Bonchev–Trinajstić information content (AvgIpc) is 2.87. The highest BCUT2D eigenvalue weighted by molar-refractivity contribution is 8.18. The van der Waals surface area contributed by atoms with Crippen LogP contribution in [0.25, 0.3) is 6.08 Å². The van der Waals surface area contributed by atoms with E-state index in [0.717, 1.165) is 11.1 Å². The Morgan fingerprint density at radius 2 is 1.80 bits per heavy atom. The minimum Gasteiger partial charge on any atom is -0.506 e. The summed E-state index contributed by atoms with van der Waals surface area (Å²) in [4.78, 5) is 19.4. The van der Waals surface area contributed by atoms with Gasteiger partial charge in [-0.2, -0.15) is 0 Å². The number of phenols is 1. The summed E-state index contributed by atoms with van der Waals surface area (Å²) in [5.41, 5.74) is 3.59. The van der Waals surface area contributed by atoms with Crippen LogP contribution in [-0.4, -0.2) is 27.6 Å². The van der Waals surface area contributed by atoms with E-state index in [4.69, 9.17) is 0 Å². The number of aromatic hydroxyl groups is 1. The number of aliphatic imine (C=N–C) groups is 1. The summed E-state index contributed by atoms with van der Waals surface area (Å²) in [6, 6.07) is 13.3. The lowest BCUT2D eigenvalue weighted by molar-refractivity contribution is -0.122. The standard InChI is InChI=1S/C20H20N2O2S/c1-4-22-19(24)18(12-15-8-5-13(2)6-9-15)25-20(22)21-16-10-7-14(3)11-17(16)23/h5-12,23H,4H2,1-3H3/b18-12-,21-20?. The van der Waals surface area contributed by atoms with Crippen molar-refractivity contribution in [3.8, 4) is 5.75 Å². The predicted molar refractivity (Wildman–Crippen MR) is 104 cm³/mol. The molecule has 1 heterocycles. The Hall–Kier alpha value is -2.53. The van der Waals surface area contributed by atoms with Gasteiger partial charge in [-0.25, -0.2) is 4.99 Å². The number of carbonyl (C=O) groups is 1. The van der Waals surface area contributed by atoms with E-state index >= 15 is 0 Å². The zero-order chi connectivity index (χ0) is 18.0. The number of hydrogen-bond acceptors (Lipinski definition) is 4. The molecule has 2 aromatic carbocycles. The molecule has 0 radical (unpaired) electrons.